The SMILES string of the molecule is c1ccc(-c2ccc(-c3ccc4c(c3)n3c5ccccc5nc3n4-c3nc4ccccc4n3-c3ccccc3)cc2)cc1. The topological polar surface area (TPSA) is 40.1 Å². The van der Waals surface area contributed by atoms with Gasteiger partial charge in [-0.3, -0.25) is 8.97 Å². The lowest BCUT2D eigenvalue weighted by Crippen LogP contribution is -2.06. The third kappa shape index (κ3) is 3.65. The summed E-state index contributed by atoms with van der Waals surface area (Å²) in [5.41, 5.74) is 11.9. The average Bonchev–Trinajstić information content (AvgIpc) is 3.74. The zero-order valence-corrected chi connectivity index (χ0v) is 23.2. The molecule has 6 aromatic carbocycles. The van der Waals surface area contributed by atoms with Gasteiger partial charge in [-0.1, -0.05) is 103 Å². The van der Waals surface area contributed by atoms with E-state index in [1.807, 2.05) is 18.2 Å². The fourth-order valence-corrected chi connectivity index (χ4v) is 6.26. The molecule has 202 valence electrons. The van der Waals surface area contributed by atoms with Crippen LogP contribution in [0.3, 0.4) is 0 Å². The highest BCUT2D eigenvalue weighted by atomic mass is 15.3. The highest BCUT2D eigenvalue weighted by Gasteiger charge is 2.23. The summed E-state index contributed by atoms with van der Waals surface area (Å²) < 4.78 is 6.69. The first-order valence-electron chi connectivity index (χ1n) is 14.4. The molecule has 0 aliphatic rings. The summed E-state index contributed by atoms with van der Waals surface area (Å²) >= 11 is 0. The lowest BCUT2D eigenvalue weighted by Gasteiger charge is -2.11. The van der Waals surface area contributed by atoms with E-state index in [1.165, 1.54) is 16.7 Å². The summed E-state index contributed by atoms with van der Waals surface area (Å²) in [6, 6.07) is 53.0. The molecule has 5 nitrogen and oxygen atoms in total. The summed E-state index contributed by atoms with van der Waals surface area (Å²) in [5, 5.41) is 0. The van der Waals surface area contributed by atoms with Gasteiger partial charge >= 0.3 is 0 Å². The first-order chi connectivity index (χ1) is 21.3. The van der Waals surface area contributed by atoms with E-state index in [1.54, 1.807) is 0 Å². The summed E-state index contributed by atoms with van der Waals surface area (Å²) in [7, 11) is 0. The van der Waals surface area contributed by atoms with Crippen LogP contribution >= 0.6 is 0 Å². The van der Waals surface area contributed by atoms with E-state index >= 15 is 0 Å². The molecule has 0 spiro atoms. The summed E-state index contributed by atoms with van der Waals surface area (Å²) in [6.45, 7) is 0. The minimum atomic E-state index is 0.808. The zero-order chi connectivity index (χ0) is 28.3. The van der Waals surface area contributed by atoms with Crippen molar-refractivity contribution < 1.29 is 0 Å². The van der Waals surface area contributed by atoms with Crippen molar-refractivity contribution in [3.8, 4) is 33.9 Å². The molecule has 0 unspecified atom stereocenters. The molecule has 0 radical (unpaired) electrons. The summed E-state index contributed by atoms with van der Waals surface area (Å²) in [6.07, 6.45) is 0. The molecule has 0 atom stereocenters. The Labute approximate surface area is 247 Å². The van der Waals surface area contributed by atoms with Gasteiger partial charge < -0.3 is 0 Å². The van der Waals surface area contributed by atoms with Crippen LogP contribution in [0.25, 0.3) is 72.8 Å². The van der Waals surface area contributed by atoms with Gasteiger partial charge in [-0.15, -0.1) is 0 Å². The molecule has 3 aromatic heterocycles. The van der Waals surface area contributed by atoms with E-state index < -0.39 is 0 Å². The van der Waals surface area contributed by atoms with Crippen LogP contribution in [0.1, 0.15) is 0 Å². The quantitative estimate of drug-likeness (QED) is 0.219. The van der Waals surface area contributed by atoms with Crippen LogP contribution < -0.4 is 0 Å². The maximum absolute atomic E-state index is 5.19. The van der Waals surface area contributed by atoms with Gasteiger partial charge in [0.25, 0.3) is 0 Å². The van der Waals surface area contributed by atoms with E-state index in [0.29, 0.717) is 0 Å². The number of aromatic nitrogens is 5. The second kappa shape index (κ2) is 9.29. The lowest BCUT2D eigenvalue weighted by atomic mass is 10.00. The van der Waals surface area contributed by atoms with Crippen molar-refractivity contribution in [3.63, 3.8) is 0 Å². The van der Waals surface area contributed by atoms with E-state index in [2.05, 4.69) is 147 Å². The minimum absolute atomic E-state index is 0.808. The van der Waals surface area contributed by atoms with Crippen molar-refractivity contribution >= 4 is 38.9 Å². The largest absolute Gasteiger partial charge is 0.278 e. The predicted octanol–water partition coefficient (Wildman–Crippen LogP) is 9.10. The number of para-hydroxylation sites is 5. The first kappa shape index (κ1) is 23.7. The van der Waals surface area contributed by atoms with Crippen molar-refractivity contribution in [2.75, 3.05) is 0 Å². The Hall–Kier alpha value is -5.94. The number of nitrogens with zero attached hydrogens (tertiary/aromatic N) is 5. The van der Waals surface area contributed by atoms with E-state index in [4.69, 9.17) is 9.97 Å². The monoisotopic (exact) mass is 551 g/mol. The van der Waals surface area contributed by atoms with Gasteiger partial charge in [0.1, 0.15) is 0 Å². The number of benzene rings is 6. The fourth-order valence-electron chi connectivity index (χ4n) is 6.26. The average molecular weight is 552 g/mol. The van der Waals surface area contributed by atoms with Gasteiger partial charge in [-0.25, -0.2) is 14.5 Å². The van der Waals surface area contributed by atoms with Gasteiger partial charge in [0, 0.05) is 5.69 Å². The van der Waals surface area contributed by atoms with Crippen LogP contribution in [0, 0.1) is 0 Å². The lowest BCUT2D eigenvalue weighted by molar-refractivity contribution is 0.938. The molecule has 3 heterocycles. The zero-order valence-electron chi connectivity index (χ0n) is 23.2. The Kier molecular flexibility index (Phi) is 5.13. The molecule has 0 aliphatic carbocycles. The fraction of sp³-hybridized carbons (Fsp3) is 0. The molecule has 9 rings (SSSR count). The second-order valence-electron chi connectivity index (χ2n) is 10.8. The highest BCUT2D eigenvalue weighted by molar-refractivity contribution is 5.94. The number of hydrogen-bond acceptors (Lipinski definition) is 2. The van der Waals surface area contributed by atoms with Crippen molar-refractivity contribution in [3.05, 3.63) is 152 Å². The van der Waals surface area contributed by atoms with Crippen LogP contribution in [0.15, 0.2) is 152 Å². The van der Waals surface area contributed by atoms with Crippen molar-refractivity contribution in [1.82, 2.24) is 23.5 Å². The molecule has 0 aliphatic heterocycles. The number of rotatable bonds is 4. The van der Waals surface area contributed by atoms with Crippen LogP contribution in [0.4, 0.5) is 0 Å². The van der Waals surface area contributed by atoms with E-state index in [9.17, 15) is 0 Å². The minimum Gasteiger partial charge on any atom is -0.278 e. The molecule has 0 fully saturated rings. The van der Waals surface area contributed by atoms with E-state index in [0.717, 1.165) is 56.1 Å². The smallest absolute Gasteiger partial charge is 0.223 e. The third-order valence-electron chi connectivity index (χ3n) is 8.28. The Bertz CT molecular complexity index is 2430. The highest BCUT2D eigenvalue weighted by Crippen LogP contribution is 2.34. The van der Waals surface area contributed by atoms with E-state index in [-0.39, 0.29) is 0 Å². The molecule has 0 saturated carbocycles. The van der Waals surface area contributed by atoms with Crippen LogP contribution in [0.2, 0.25) is 0 Å². The standard InChI is InChI=1S/C38H25N5/c1-3-11-26(12-4-1)27-19-21-28(22-20-27)29-23-24-35-36(25-29)42-34-18-10-8-16-32(34)40-38(42)43(35)37-39-31-15-7-9-17-33(31)41(37)30-13-5-2-6-14-30/h1-25H. The summed E-state index contributed by atoms with van der Waals surface area (Å²) in [4.78, 5) is 10.3. The molecule has 0 amide bonds. The predicted molar refractivity (Wildman–Crippen MR) is 175 cm³/mol. The van der Waals surface area contributed by atoms with Gasteiger partial charge in [0.15, 0.2) is 0 Å². The molecule has 0 bridgehead atoms. The summed E-state index contributed by atoms with van der Waals surface area (Å²) in [5.74, 6) is 1.64. The molecular weight excluding hydrogens is 526 g/mol. The second-order valence-corrected chi connectivity index (χ2v) is 10.8. The van der Waals surface area contributed by atoms with Crippen LogP contribution in [-0.2, 0) is 0 Å². The first-order valence-corrected chi connectivity index (χ1v) is 14.4. The third-order valence-corrected chi connectivity index (χ3v) is 8.28. The van der Waals surface area contributed by atoms with Gasteiger partial charge in [-0.05, 0) is 70.8 Å². The van der Waals surface area contributed by atoms with Crippen LogP contribution in [0.5, 0.6) is 0 Å². The number of hydrogen-bond donors (Lipinski definition) is 0. The van der Waals surface area contributed by atoms with Crippen LogP contribution in [-0.4, -0.2) is 23.5 Å². The number of fused-ring (bicyclic) bond motifs is 6. The van der Waals surface area contributed by atoms with Crippen molar-refractivity contribution in [1.29, 1.82) is 0 Å². The Morgan fingerprint density at radius 3 is 1.67 bits per heavy atom. The molecular formula is C38H25N5. The van der Waals surface area contributed by atoms with Gasteiger partial charge in [0.05, 0.1) is 33.1 Å². The molecule has 9 aromatic rings. The molecule has 43 heavy (non-hydrogen) atoms. The Balaban J connectivity index is 1.31. The normalized spacial score (nSPS) is 11.7. The van der Waals surface area contributed by atoms with Gasteiger partial charge in [0.2, 0.25) is 11.7 Å². The molecule has 0 saturated heterocycles. The molecule has 0 N–H and O–H groups in total. The number of imidazole rings is 3. The maximum Gasteiger partial charge on any atom is 0.223 e. The Morgan fingerprint density at radius 1 is 0.372 bits per heavy atom. The van der Waals surface area contributed by atoms with Gasteiger partial charge in [-0.2, -0.15) is 0 Å². The molecule has 5 heteroatoms. The van der Waals surface area contributed by atoms with Crippen molar-refractivity contribution in [2.45, 2.75) is 0 Å². The van der Waals surface area contributed by atoms with Crippen molar-refractivity contribution in [2.24, 2.45) is 0 Å². The Morgan fingerprint density at radius 2 is 0.930 bits per heavy atom. The maximum atomic E-state index is 5.19.